The highest BCUT2D eigenvalue weighted by molar-refractivity contribution is 7.93. The maximum Gasteiger partial charge on any atom is 0.263 e. The number of benzene rings is 1. The molecule has 0 spiro atoms. The van der Waals surface area contributed by atoms with Gasteiger partial charge < -0.3 is 0 Å². The molecular weight excluding hydrogens is 294 g/mol. The Hall–Kier alpha value is -1.47. The van der Waals surface area contributed by atoms with Crippen molar-refractivity contribution in [1.82, 2.24) is 10.2 Å². The van der Waals surface area contributed by atoms with Gasteiger partial charge in [-0.15, -0.1) is 10.2 Å². The number of nitrogens with one attached hydrogen (secondary N) is 1. The van der Waals surface area contributed by atoms with Gasteiger partial charge in [0.15, 0.2) is 0 Å². The van der Waals surface area contributed by atoms with E-state index in [-0.39, 0.29) is 4.90 Å². The molecular formula is C13H17N3O2S2. The molecule has 1 heterocycles. The van der Waals surface area contributed by atoms with E-state index in [1.54, 1.807) is 12.1 Å². The fourth-order valence-corrected chi connectivity index (χ4v) is 3.55. The normalized spacial score (nSPS) is 11.8. The number of anilines is 1. The number of sulfonamides is 1. The molecule has 1 aromatic heterocycles. The van der Waals surface area contributed by atoms with Crippen molar-refractivity contribution in [3.05, 3.63) is 34.8 Å². The van der Waals surface area contributed by atoms with Gasteiger partial charge in [0, 0.05) is 0 Å². The van der Waals surface area contributed by atoms with E-state index < -0.39 is 10.0 Å². The molecule has 0 saturated heterocycles. The number of hydrogen-bond acceptors (Lipinski definition) is 5. The lowest BCUT2D eigenvalue weighted by atomic mass is 10.0. The van der Waals surface area contributed by atoms with Crippen LogP contribution in [-0.2, 0) is 16.4 Å². The van der Waals surface area contributed by atoms with Crippen LogP contribution in [0.2, 0.25) is 0 Å². The van der Waals surface area contributed by atoms with Crippen LogP contribution in [0.4, 0.5) is 5.13 Å². The van der Waals surface area contributed by atoms with Gasteiger partial charge in [-0.1, -0.05) is 44.2 Å². The summed E-state index contributed by atoms with van der Waals surface area (Å²) in [6.07, 6.45) is 0.739. The highest BCUT2D eigenvalue weighted by Gasteiger charge is 2.16. The second kappa shape index (κ2) is 5.88. The molecule has 0 aliphatic carbocycles. The minimum Gasteiger partial charge on any atom is -0.253 e. The van der Waals surface area contributed by atoms with Gasteiger partial charge in [0.2, 0.25) is 5.13 Å². The van der Waals surface area contributed by atoms with E-state index >= 15 is 0 Å². The molecule has 2 rings (SSSR count). The summed E-state index contributed by atoms with van der Waals surface area (Å²) in [6, 6.07) is 6.88. The Labute approximate surface area is 123 Å². The zero-order chi connectivity index (χ0) is 14.8. The summed E-state index contributed by atoms with van der Waals surface area (Å²) in [4.78, 5) is 0.232. The maximum absolute atomic E-state index is 12.2. The molecule has 0 bridgehead atoms. The number of hydrogen-bond donors (Lipinski definition) is 1. The van der Waals surface area contributed by atoms with Crippen LogP contribution in [0.5, 0.6) is 0 Å². The van der Waals surface area contributed by atoms with E-state index in [0.29, 0.717) is 11.0 Å². The molecule has 0 amide bonds. The van der Waals surface area contributed by atoms with E-state index in [9.17, 15) is 8.42 Å². The molecule has 108 valence electrons. The van der Waals surface area contributed by atoms with Gasteiger partial charge >= 0.3 is 0 Å². The first-order valence-corrected chi connectivity index (χ1v) is 8.67. The third-order valence-electron chi connectivity index (χ3n) is 2.85. The van der Waals surface area contributed by atoms with Crippen LogP contribution < -0.4 is 4.72 Å². The van der Waals surface area contributed by atoms with Gasteiger partial charge in [0.25, 0.3) is 10.0 Å². The van der Waals surface area contributed by atoms with Gasteiger partial charge in [-0.2, -0.15) is 0 Å². The summed E-state index contributed by atoms with van der Waals surface area (Å²) in [6.45, 7) is 6.08. The quantitative estimate of drug-likeness (QED) is 0.921. The summed E-state index contributed by atoms with van der Waals surface area (Å²) >= 11 is 1.25. The standard InChI is InChI=1S/C13H17N3O2S2/c1-4-12-14-15-13(19-12)16-20(17,18)11-7-5-10(6-8-11)9(2)3/h5-9H,4H2,1-3H3,(H,15,16). The second-order valence-electron chi connectivity index (χ2n) is 4.68. The molecule has 0 saturated carbocycles. The minimum atomic E-state index is -3.59. The average molecular weight is 311 g/mol. The summed E-state index contributed by atoms with van der Waals surface area (Å²) < 4.78 is 26.9. The van der Waals surface area contributed by atoms with Gasteiger partial charge in [-0.25, -0.2) is 8.42 Å². The number of rotatable bonds is 5. The minimum absolute atomic E-state index is 0.232. The summed E-state index contributed by atoms with van der Waals surface area (Å²) in [5, 5.41) is 8.82. The van der Waals surface area contributed by atoms with Gasteiger partial charge in [-0.05, 0) is 30.0 Å². The van der Waals surface area contributed by atoms with Crippen molar-refractivity contribution in [2.75, 3.05) is 4.72 Å². The van der Waals surface area contributed by atoms with E-state index in [2.05, 4.69) is 28.8 Å². The molecule has 2 aromatic rings. The molecule has 0 aliphatic rings. The third kappa shape index (κ3) is 3.34. The SMILES string of the molecule is CCc1nnc(NS(=O)(=O)c2ccc(C(C)C)cc2)s1. The molecule has 1 N–H and O–H groups in total. The van der Waals surface area contributed by atoms with Crippen LogP contribution in [0.1, 0.15) is 37.3 Å². The molecule has 20 heavy (non-hydrogen) atoms. The highest BCUT2D eigenvalue weighted by atomic mass is 32.2. The molecule has 0 radical (unpaired) electrons. The lowest BCUT2D eigenvalue weighted by Gasteiger charge is -2.08. The smallest absolute Gasteiger partial charge is 0.253 e. The van der Waals surface area contributed by atoms with Crippen molar-refractivity contribution in [1.29, 1.82) is 0 Å². The summed E-state index contributed by atoms with van der Waals surface area (Å²) in [7, 11) is -3.59. The number of aromatic nitrogens is 2. The largest absolute Gasteiger partial charge is 0.263 e. The molecule has 7 heteroatoms. The Morgan fingerprint density at radius 2 is 1.85 bits per heavy atom. The van der Waals surface area contributed by atoms with Crippen molar-refractivity contribution in [2.45, 2.75) is 38.0 Å². The van der Waals surface area contributed by atoms with Gasteiger partial charge in [0.1, 0.15) is 5.01 Å². The van der Waals surface area contributed by atoms with Crippen molar-refractivity contribution < 1.29 is 8.42 Å². The molecule has 0 aliphatic heterocycles. The monoisotopic (exact) mass is 311 g/mol. The number of aryl methyl sites for hydroxylation is 1. The van der Waals surface area contributed by atoms with Crippen LogP contribution >= 0.6 is 11.3 Å². The third-order valence-corrected chi connectivity index (χ3v) is 5.32. The van der Waals surface area contributed by atoms with E-state index in [0.717, 1.165) is 17.0 Å². The lowest BCUT2D eigenvalue weighted by Crippen LogP contribution is -2.12. The topological polar surface area (TPSA) is 72.0 Å². The maximum atomic E-state index is 12.2. The Kier molecular flexibility index (Phi) is 4.39. The van der Waals surface area contributed by atoms with Crippen LogP contribution in [0.25, 0.3) is 0 Å². The Morgan fingerprint density at radius 1 is 1.20 bits per heavy atom. The first-order chi connectivity index (χ1) is 9.42. The molecule has 1 aromatic carbocycles. The van der Waals surface area contributed by atoms with Crippen molar-refractivity contribution in [3.8, 4) is 0 Å². The Balaban J connectivity index is 2.21. The lowest BCUT2D eigenvalue weighted by molar-refractivity contribution is 0.601. The Morgan fingerprint density at radius 3 is 2.35 bits per heavy atom. The van der Waals surface area contributed by atoms with Gasteiger partial charge in [0.05, 0.1) is 4.90 Å². The predicted molar refractivity (Wildman–Crippen MR) is 80.6 cm³/mol. The van der Waals surface area contributed by atoms with E-state index in [4.69, 9.17) is 0 Å². The highest BCUT2D eigenvalue weighted by Crippen LogP contribution is 2.22. The first-order valence-electron chi connectivity index (χ1n) is 6.37. The van der Waals surface area contributed by atoms with E-state index in [1.165, 1.54) is 11.3 Å². The zero-order valence-corrected chi connectivity index (χ0v) is 13.3. The second-order valence-corrected chi connectivity index (χ2v) is 7.43. The summed E-state index contributed by atoms with van der Waals surface area (Å²) in [5.74, 6) is 0.370. The van der Waals surface area contributed by atoms with E-state index in [1.807, 2.05) is 19.1 Å². The van der Waals surface area contributed by atoms with Crippen molar-refractivity contribution >= 4 is 26.5 Å². The van der Waals surface area contributed by atoms with Gasteiger partial charge in [-0.3, -0.25) is 4.72 Å². The van der Waals surface area contributed by atoms with Crippen molar-refractivity contribution in [2.24, 2.45) is 0 Å². The van der Waals surface area contributed by atoms with Crippen LogP contribution in [-0.4, -0.2) is 18.6 Å². The predicted octanol–water partition coefficient (Wildman–Crippen LogP) is 3.02. The van der Waals surface area contributed by atoms with Crippen LogP contribution in [0, 0.1) is 0 Å². The average Bonchev–Trinajstić information content (AvgIpc) is 2.85. The zero-order valence-electron chi connectivity index (χ0n) is 11.6. The number of nitrogens with zero attached hydrogens (tertiary/aromatic N) is 2. The first kappa shape index (κ1) is 14.9. The fraction of sp³-hybridized carbons (Fsp3) is 0.385. The molecule has 0 fully saturated rings. The van der Waals surface area contributed by atoms with Crippen molar-refractivity contribution in [3.63, 3.8) is 0 Å². The van der Waals surface area contributed by atoms with Crippen LogP contribution in [0.15, 0.2) is 29.2 Å². The molecule has 0 atom stereocenters. The Bertz CT molecular complexity index is 676. The molecule has 5 nitrogen and oxygen atoms in total. The molecule has 0 unspecified atom stereocenters. The van der Waals surface area contributed by atoms with Crippen LogP contribution in [0.3, 0.4) is 0 Å². The fourth-order valence-electron chi connectivity index (χ4n) is 1.64. The summed E-state index contributed by atoms with van der Waals surface area (Å²) in [5.41, 5.74) is 1.10.